The van der Waals surface area contributed by atoms with Gasteiger partial charge in [0.1, 0.15) is 0 Å². The Kier molecular flexibility index (Phi) is 3.88. The fraction of sp³-hybridized carbons (Fsp3) is 0.636. The molecule has 0 unspecified atom stereocenters. The van der Waals surface area contributed by atoms with Gasteiger partial charge < -0.3 is 5.32 Å². The molecule has 0 saturated heterocycles. The molecule has 1 atom stereocenters. The Labute approximate surface area is 90.7 Å². The first-order chi connectivity index (χ1) is 7.04. The van der Waals surface area contributed by atoms with Crippen molar-refractivity contribution in [2.45, 2.75) is 33.7 Å². The maximum Gasteiger partial charge on any atom is 0.223 e. The van der Waals surface area contributed by atoms with Gasteiger partial charge in [-0.05, 0) is 13.3 Å². The van der Waals surface area contributed by atoms with Crippen LogP contribution in [0.25, 0.3) is 0 Å². The highest BCUT2D eigenvalue weighted by molar-refractivity contribution is 5.78. The third-order valence-corrected chi connectivity index (χ3v) is 2.63. The second-order valence-electron chi connectivity index (χ2n) is 3.94. The highest BCUT2D eigenvalue weighted by Gasteiger charge is 2.10. The minimum Gasteiger partial charge on any atom is -0.352 e. The monoisotopic (exact) mass is 209 g/mol. The van der Waals surface area contributed by atoms with Crippen LogP contribution in [0.5, 0.6) is 0 Å². The summed E-state index contributed by atoms with van der Waals surface area (Å²) < 4.78 is 1.76. The fourth-order valence-corrected chi connectivity index (χ4v) is 1.36. The fourth-order valence-electron chi connectivity index (χ4n) is 1.36. The van der Waals surface area contributed by atoms with Crippen molar-refractivity contribution < 1.29 is 4.79 Å². The van der Waals surface area contributed by atoms with Crippen LogP contribution in [0.4, 0.5) is 0 Å². The molecule has 1 rings (SSSR count). The van der Waals surface area contributed by atoms with E-state index in [1.807, 2.05) is 34.0 Å². The second kappa shape index (κ2) is 4.96. The minimum atomic E-state index is 0.0852. The number of nitrogens with one attached hydrogen (secondary N) is 1. The summed E-state index contributed by atoms with van der Waals surface area (Å²) in [4.78, 5) is 11.5. The molecule has 15 heavy (non-hydrogen) atoms. The van der Waals surface area contributed by atoms with Crippen LogP contribution in [0.1, 0.15) is 31.5 Å². The molecular formula is C11H19N3O. The number of carbonyl (C=O) groups excluding carboxylic acids is 1. The molecular weight excluding hydrogens is 190 g/mol. The molecule has 1 aromatic heterocycles. The summed E-state index contributed by atoms with van der Waals surface area (Å²) in [5.41, 5.74) is 2.05. The molecule has 4 nitrogen and oxygen atoms in total. The van der Waals surface area contributed by atoms with Crippen LogP contribution < -0.4 is 5.32 Å². The first kappa shape index (κ1) is 11.8. The molecule has 0 radical (unpaired) electrons. The summed E-state index contributed by atoms with van der Waals surface area (Å²) >= 11 is 0. The number of aryl methyl sites for hydroxylation is 2. The number of hydrogen-bond donors (Lipinski definition) is 1. The minimum absolute atomic E-state index is 0.0852. The normalized spacial score (nSPS) is 12.5. The smallest absolute Gasteiger partial charge is 0.223 e. The lowest BCUT2D eigenvalue weighted by atomic mass is 10.1. The number of amides is 1. The van der Waals surface area contributed by atoms with Gasteiger partial charge in [0, 0.05) is 31.3 Å². The van der Waals surface area contributed by atoms with Crippen LogP contribution in [0.15, 0.2) is 6.20 Å². The van der Waals surface area contributed by atoms with Crippen LogP contribution in [0.3, 0.4) is 0 Å². The number of aromatic nitrogens is 2. The van der Waals surface area contributed by atoms with Crippen LogP contribution in [0, 0.1) is 12.8 Å². The van der Waals surface area contributed by atoms with E-state index in [0.717, 1.165) is 17.7 Å². The summed E-state index contributed by atoms with van der Waals surface area (Å²) in [5.74, 6) is 0.197. The zero-order valence-corrected chi connectivity index (χ0v) is 9.87. The van der Waals surface area contributed by atoms with Gasteiger partial charge in [0.05, 0.1) is 5.69 Å². The Hall–Kier alpha value is -1.32. The molecule has 84 valence electrons. The number of rotatable bonds is 4. The number of hydrogen-bond acceptors (Lipinski definition) is 2. The molecule has 0 aliphatic heterocycles. The molecule has 0 saturated carbocycles. The van der Waals surface area contributed by atoms with Crippen molar-refractivity contribution in [1.82, 2.24) is 15.1 Å². The summed E-state index contributed by atoms with van der Waals surface area (Å²) in [7, 11) is 1.88. The van der Waals surface area contributed by atoms with Gasteiger partial charge in [0.15, 0.2) is 0 Å². The average molecular weight is 209 g/mol. The molecule has 4 heteroatoms. The van der Waals surface area contributed by atoms with E-state index in [4.69, 9.17) is 0 Å². The second-order valence-corrected chi connectivity index (χ2v) is 3.94. The molecule has 0 aliphatic rings. The largest absolute Gasteiger partial charge is 0.352 e. The quantitative estimate of drug-likeness (QED) is 0.814. The van der Waals surface area contributed by atoms with Crippen molar-refractivity contribution in [2.75, 3.05) is 0 Å². The van der Waals surface area contributed by atoms with Gasteiger partial charge in [-0.1, -0.05) is 13.8 Å². The number of carbonyl (C=O) groups is 1. The van der Waals surface area contributed by atoms with Crippen molar-refractivity contribution >= 4 is 5.91 Å². The van der Waals surface area contributed by atoms with Gasteiger partial charge in [-0.15, -0.1) is 0 Å². The topological polar surface area (TPSA) is 46.9 Å². The molecule has 0 fully saturated rings. The van der Waals surface area contributed by atoms with E-state index in [1.165, 1.54) is 0 Å². The van der Waals surface area contributed by atoms with Crippen molar-refractivity contribution in [3.63, 3.8) is 0 Å². The Balaban J connectivity index is 2.50. The SMILES string of the molecule is CC[C@@H](C)C(=O)NCc1cn(C)nc1C. The van der Waals surface area contributed by atoms with Gasteiger partial charge in [0.2, 0.25) is 5.91 Å². The lowest BCUT2D eigenvalue weighted by Gasteiger charge is -2.08. The van der Waals surface area contributed by atoms with E-state index in [-0.39, 0.29) is 11.8 Å². The lowest BCUT2D eigenvalue weighted by molar-refractivity contribution is -0.124. The van der Waals surface area contributed by atoms with Crippen molar-refractivity contribution in [3.8, 4) is 0 Å². The summed E-state index contributed by atoms with van der Waals surface area (Å²) in [6.07, 6.45) is 2.81. The predicted octanol–water partition coefficient (Wildman–Crippen LogP) is 1.39. The maximum atomic E-state index is 11.5. The Bertz CT molecular complexity index is 344. The summed E-state index contributed by atoms with van der Waals surface area (Å²) in [6.45, 7) is 6.47. The van der Waals surface area contributed by atoms with Crippen LogP contribution in [-0.2, 0) is 18.4 Å². The number of nitrogens with zero attached hydrogens (tertiary/aromatic N) is 2. The van der Waals surface area contributed by atoms with Crippen LogP contribution in [0.2, 0.25) is 0 Å². The van der Waals surface area contributed by atoms with E-state index < -0.39 is 0 Å². The molecule has 0 spiro atoms. The molecule has 1 amide bonds. The van der Waals surface area contributed by atoms with Gasteiger partial charge in [0.25, 0.3) is 0 Å². The van der Waals surface area contributed by atoms with Gasteiger partial charge in [-0.2, -0.15) is 5.10 Å². The third kappa shape index (κ3) is 3.08. The van der Waals surface area contributed by atoms with Gasteiger partial charge in [-0.3, -0.25) is 9.48 Å². The van der Waals surface area contributed by atoms with Crippen LogP contribution in [-0.4, -0.2) is 15.7 Å². The van der Waals surface area contributed by atoms with Crippen molar-refractivity contribution in [2.24, 2.45) is 13.0 Å². The Morgan fingerprint density at radius 2 is 2.33 bits per heavy atom. The van der Waals surface area contributed by atoms with E-state index in [0.29, 0.717) is 6.54 Å². The highest BCUT2D eigenvalue weighted by atomic mass is 16.1. The van der Waals surface area contributed by atoms with E-state index in [9.17, 15) is 4.79 Å². The van der Waals surface area contributed by atoms with Crippen LogP contribution >= 0.6 is 0 Å². The first-order valence-corrected chi connectivity index (χ1v) is 5.31. The van der Waals surface area contributed by atoms with E-state index in [1.54, 1.807) is 4.68 Å². The molecule has 0 bridgehead atoms. The molecule has 1 aromatic rings. The molecule has 0 aliphatic carbocycles. The first-order valence-electron chi connectivity index (χ1n) is 5.31. The molecule has 1 heterocycles. The maximum absolute atomic E-state index is 11.5. The predicted molar refractivity (Wildman–Crippen MR) is 59.2 cm³/mol. The van der Waals surface area contributed by atoms with E-state index >= 15 is 0 Å². The van der Waals surface area contributed by atoms with Crippen molar-refractivity contribution in [1.29, 1.82) is 0 Å². The van der Waals surface area contributed by atoms with Crippen molar-refractivity contribution in [3.05, 3.63) is 17.5 Å². The zero-order valence-electron chi connectivity index (χ0n) is 9.87. The standard InChI is InChI=1S/C11H19N3O/c1-5-8(2)11(15)12-6-10-7-14(4)13-9(10)3/h7-8H,5-6H2,1-4H3,(H,12,15)/t8-/m1/s1. The van der Waals surface area contributed by atoms with E-state index in [2.05, 4.69) is 10.4 Å². The third-order valence-electron chi connectivity index (χ3n) is 2.63. The molecule has 0 aromatic carbocycles. The van der Waals surface area contributed by atoms with Gasteiger partial charge >= 0.3 is 0 Å². The summed E-state index contributed by atoms with van der Waals surface area (Å²) in [6, 6.07) is 0. The average Bonchev–Trinajstić information content (AvgIpc) is 2.52. The summed E-state index contributed by atoms with van der Waals surface area (Å²) in [5, 5.41) is 7.13. The zero-order chi connectivity index (χ0) is 11.4. The Morgan fingerprint density at radius 3 is 2.80 bits per heavy atom. The highest BCUT2D eigenvalue weighted by Crippen LogP contribution is 2.05. The molecule has 1 N–H and O–H groups in total. The lowest BCUT2D eigenvalue weighted by Crippen LogP contribution is -2.28. The Morgan fingerprint density at radius 1 is 1.67 bits per heavy atom. The van der Waals surface area contributed by atoms with Gasteiger partial charge in [-0.25, -0.2) is 0 Å².